The van der Waals surface area contributed by atoms with Gasteiger partial charge in [0.25, 0.3) is 0 Å². The van der Waals surface area contributed by atoms with Gasteiger partial charge in [0, 0.05) is 6.20 Å². The molecule has 1 aromatic heterocycles. The molecule has 0 amide bonds. The molecule has 0 bridgehead atoms. The second-order valence-corrected chi connectivity index (χ2v) is 8.11. The Bertz CT molecular complexity index is 486. The molecular weight excluding hydrogens is 313 g/mol. The average molecular weight is 340 g/mol. The number of rotatable bonds is 3. The summed E-state index contributed by atoms with van der Waals surface area (Å²) in [6.45, 7) is 2.35. The third kappa shape index (κ3) is 3.79. The SMILES string of the molecule is CCC1CCC(C2CCC(c3cnc(Cl)c(Cl)c3)CC2)CC1. The highest BCUT2D eigenvalue weighted by atomic mass is 35.5. The molecule has 3 rings (SSSR count). The smallest absolute Gasteiger partial charge is 0.147 e. The van der Waals surface area contributed by atoms with Crippen LogP contribution in [0.2, 0.25) is 10.2 Å². The van der Waals surface area contributed by atoms with Gasteiger partial charge >= 0.3 is 0 Å². The van der Waals surface area contributed by atoms with Gasteiger partial charge in [-0.15, -0.1) is 0 Å². The molecule has 1 heterocycles. The number of hydrogen-bond acceptors (Lipinski definition) is 1. The maximum Gasteiger partial charge on any atom is 0.147 e. The monoisotopic (exact) mass is 339 g/mol. The van der Waals surface area contributed by atoms with E-state index in [0.717, 1.165) is 17.8 Å². The van der Waals surface area contributed by atoms with Gasteiger partial charge in [-0.2, -0.15) is 0 Å². The van der Waals surface area contributed by atoms with E-state index in [9.17, 15) is 0 Å². The summed E-state index contributed by atoms with van der Waals surface area (Å²) in [6, 6.07) is 2.02. The molecule has 1 aromatic rings. The molecule has 2 saturated carbocycles. The Balaban J connectivity index is 1.53. The largest absolute Gasteiger partial charge is 0.243 e. The minimum atomic E-state index is 0.423. The summed E-state index contributed by atoms with van der Waals surface area (Å²) in [5.74, 6) is 3.60. The first kappa shape index (κ1) is 16.6. The fourth-order valence-corrected chi connectivity index (χ4v) is 4.93. The van der Waals surface area contributed by atoms with Gasteiger partial charge in [-0.3, -0.25) is 0 Å². The molecule has 0 radical (unpaired) electrons. The third-order valence-electron chi connectivity index (χ3n) is 6.20. The number of aromatic nitrogens is 1. The van der Waals surface area contributed by atoms with E-state index in [-0.39, 0.29) is 0 Å². The zero-order valence-electron chi connectivity index (χ0n) is 13.5. The van der Waals surface area contributed by atoms with E-state index in [4.69, 9.17) is 23.2 Å². The Morgan fingerprint density at radius 2 is 1.55 bits per heavy atom. The summed E-state index contributed by atoms with van der Waals surface area (Å²) in [5.41, 5.74) is 1.28. The summed E-state index contributed by atoms with van der Waals surface area (Å²) in [5, 5.41) is 1.02. The predicted octanol–water partition coefficient (Wildman–Crippen LogP) is 6.88. The molecule has 1 nitrogen and oxygen atoms in total. The van der Waals surface area contributed by atoms with Crippen LogP contribution in [0.4, 0.5) is 0 Å². The van der Waals surface area contributed by atoms with Crippen LogP contribution in [0.5, 0.6) is 0 Å². The van der Waals surface area contributed by atoms with Crippen molar-refractivity contribution in [1.29, 1.82) is 0 Å². The molecule has 0 N–H and O–H groups in total. The normalized spacial score (nSPS) is 32.9. The van der Waals surface area contributed by atoms with Crippen molar-refractivity contribution in [2.75, 3.05) is 0 Å². The first-order chi connectivity index (χ1) is 10.7. The fourth-order valence-electron chi connectivity index (χ4n) is 4.65. The van der Waals surface area contributed by atoms with Gasteiger partial charge in [-0.1, -0.05) is 49.4 Å². The Hall–Kier alpha value is -0.270. The molecule has 0 unspecified atom stereocenters. The molecule has 22 heavy (non-hydrogen) atoms. The number of pyridine rings is 1. The number of nitrogens with zero attached hydrogens (tertiary/aromatic N) is 1. The van der Waals surface area contributed by atoms with Crippen molar-refractivity contribution in [3.8, 4) is 0 Å². The molecule has 2 fully saturated rings. The lowest BCUT2D eigenvalue weighted by molar-refractivity contribution is 0.158. The fraction of sp³-hybridized carbons (Fsp3) is 0.737. The summed E-state index contributed by atoms with van der Waals surface area (Å²) in [6.07, 6.45) is 14.5. The Morgan fingerprint density at radius 3 is 2.09 bits per heavy atom. The maximum atomic E-state index is 6.12. The van der Waals surface area contributed by atoms with E-state index in [1.54, 1.807) is 0 Å². The van der Waals surface area contributed by atoms with E-state index in [2.05, 4.69) is 11.9 Å². The van der Waals surface area contributed by atoms with Crippen LogP contribution in [0.15, 0.2) is 12.3 Å². The average Bonchev–Trinajstić information content (AvgIpc) is 2.58. The standard InChI is InChI=1S/C19H27Cl2N/c1-2-13-3-5-14(6-4-13)15-7-9-16(10-8-15)17-11-18(20)19(21)22-12-17/h11-16H,2-10H2,1H3. The van der Waals surface area contributed by atoms with Crippen molar-refractivity contribution in [2.45, 2.75) is 70.6 Å². The number of hydrogen-bond donors (Lipinski definition) is 0. The van der Waals surface area contributed by atoms with Crippen LogP contribution in [0.25, 0.3) is 0 Å². The highest BCUT2D eigenvalue weighted by Gasteiger charge is 2.31. The maximum absolute atomic E-state index is 6.12. The van der Waals surface area contributed by atoms with E-state index < -0.39 is 0 Å². The number of halogens is 2. The highest BCUT2D eigenvalue weighted by Crippen LogP contribution is 2.44. The Morgan fingerprint density at radius 1 is 0.955 bits per heavy atom. The molecule has 2 aliphatic carbocycles. The van der Waals surface area contributed by atoms with Crippen molar-refractivity contribution >= 4 is 23.2 Å². The molecule has 2 aliphatic rings. The quantitative estimate of drug-likeness (QED) is 0.547. The van der Waals surface area contributed by atoms with Gasteiger partial charge in [-0.05, 0) is 73.8 Å². The summed E-state index contributed by atoms with van der Waals surface area (Å²) in [4.78, 5) is 4.21. The lowest BCUT2D eigenvalue weighted by Crippen LogP contribution is -2.25. The summed E-state index contributed by atoms with van der Waals surface area (Å²) in [7, 11) is 0. The van der Waals surface area contributed by atoms with Gasteiger partial charge in [0.1, 0.15) is 5.15 Å². The van der Waals surface area contributed by atoms with Crippen LogP contribution in [0.1, 0.15) is 76.2 Å². The summed E-state index contributed by atoms with van der Waals surface area (Å²) >= 11 is 12.0. The highest BCUT2D eigenvalue weighted by molar-refractivity contribution is 6.41. The zero-order valence-corrected chi connectivity index (χ0v) is 15.0. The molecule has 122 valence electrons. The predicted molar refractivity (Wildman–Crippen MR) is 94.7 cm³/mol. The minimum absolute atomic E-state index is 0.423. The van der Waals surface area contributed by atoms with Crippen LogP contribution in [0.3, 0.4) is 0 Å². The molecule has 0 aromatic carbocycles. The molecular formula is C19H27Cl2N. The second kappa shape index (κ2) is 7.53. The first-order valence-electron chi connectivity index (χ1n) is 8.98. The van der Waals surface area contributed by atoms with E-state index >= 15 is 0 Å². The minimum Gasteiger partial charge on any atom is -0.243 e. The molecule has 0 aliphatic heterocycles. The van der Waals surface area contributed by atoms with Gasteiger partial charge < -0.3 is 0 Å². The van der Waals surface area contributed by atoms with Crippen LogP contribution in [-0.2, 0) is 0 Å². The van der Waals surface area contributed by atoms with Crippen molar-refractivity contribution in [3.63, 3.8) is 0 Å². The van der Waals surface area contributed by atoms with Crippen molar-refractivity contribution in [1.82, 2.24) is 4.98 Å². The first-order valence-corrected chi connectivity index (χ1v) is 9.74. The van der Waals surface area contributed by atoms with Crippen LogP contribution >= 0.6 is 23.2 Å². The van der Waals surface area contributed by atoms with E-state index in [0.29, 0.717) is 16.1 Å². The van der Waals surface area contributed by atoms with Crippen LogP contribution in [-0.4, -0.2) is 4.98 Å². The zero-order chi connectivity index (χ0) is 15.5. The lowest BCUT2D eigenvalue weighted by atomic mass is 9.68. The van der Waals surface area contributed by atoms with Gasteiger partial charge in [0.05, 0.1) is 5.02 Å². The Kier molecular flexibility index (Phi) is 5.68. The molecule has 0 spiro atoms. The summed E-state index contributed by atoms with van der Waals surface area (Å²) < 4.78 is 0. The molecule has 0 atom stereocenters. The lowest BCUT2D eigenvalue weighted by Gasteiger charge is -2.37. The van der Waals surface area contributed by atoms with Crippen LogP contribution in [0, 0.1) is 17.8 Å². The van der Waals surface area contributed by atoms with Gasteiger partial charge in [0.15, 0.2) is 0 Å². The van der Waals surface area contributed by atoms with Crippen molar-refractivity contribution in [2.24, 2.45) is 17.8 Å². The topological polar surface area (TPSA) is 12.9 Å². The van der Waals surface area contributed by atoms with E-state index in [1.807, 2.05) is 12.3 Å². The molecule has 3 heteroatoms. The third-order valence-corrected chi connectivity index (χ3v) is 6.88. The molecule has 0 saturated heterocycles. The van der Waals surface area contributed by atoms with Gasteiger partial charge in [-0.25, -0.2) is 4.98 Å². The second-order valence-electron chi connectivity index (χ2n) is 7.34. The van der Waals surface area contributed by atoms with Crippen molar-refractivity contribution < 1.29 is 0 Å². The van der Waals surface area contributed by atoms with Crippen molar-refractivity contribution in [3.05, 3.63) is 28.0 Å². The Labute approximate surface area is 144 Å². The van der Waals surface area contributed by atoms with E-state index in [1.165, 1.54) is 63.4 Å². The van der Waals surface area contributed by atoms with Gasteiger partial charge in [0.2, 0.25) is 0 Å². The van der Waals surface area contributed by atoms with Crippen LogP contribution < -0.4 is 0 Å².